The monoisotopic (exact) mass is 408 g/mol. The normalized spacial score (nSPS) is 10.8. The number of carbonyl (C=O) groups is 1. The molecule has 0 aliphatic heterocycles. The molecule has 0 fully saturated rings. The zero-order chi connectivity index (χ0) is 20.4. The summed E-state index contributed by atoms with van der Waals surface area (Å²) in [6, 6.07) is 16.2. The highest BCUT2D eigenvalue weighted by Crippen LogP contribution is 2.33. The number of carboxylic acids is 1. The molecule has 0 aliphatic carbocycles. The van der Waals surface area contributed by atoms with Crippen molar-refractivity contribution in [2.45, 2.75) is 6.61 Å². The van der Waals surface area contributed by atoms with Crippen LogP contribution in [-0.2, 0) is 6.61 Å². The topological polar surface area (TPSA) is 73.1 Å². The Morgan fingerprint density at radius 3 is 2.59 bits per heavy atom. The molecule has 29 heavy (non-hydrogen) atoms. The number of nitrogens with zero attached hydrogens (tertiary/aromatic N) is 2. The number of pyridine rings is 1. The van der Waals surface area contributed by atoms with Crippen LogP contribution in [0.25, 0.3) is 16.9 Å². The van der Waals surface area contributed by atoms with Crippen molar-refractivity contribution < 1.29 is 19.4 Å². The van der Waals surface area contributed by atoms with Crippen molar-refractivity contribution in [3.05, 3.63) is 83.1 Å². The number of carboxylic acid groups (broad SMARTS) is 1. The third-order valence-corrected chi connectivity index (χ3v) is 4.72. The molecule has 6 nitrogen and oxygen atoms in total. The minimum Gasteiger partial charge on any atom is -0.493 e. The van der Waals surface area contributed by atoms with E-state index in [2.05, 4.69) is 4.98 Å². The van der Waals surface area contributed by atoms with Gasteiger partial charge in [0.05, 0.1) is 18.4 Å². The van der Waals surface area contributed by atoms with Crippen molar-refractivity contribution in [3.63, 3.8) is 0 Å². The highest BCUT2D eigenvalue weighted by molar-refractivity contribution is 6.30. The van der Waals surface area contributed by atoms with Crippen molar-refractivity contribution in [2.75, 3.05) is 7.11 Å². The molecule has 0 bridgehead atoms. The summed E-state index contributed by atoms with van der Waals surface area (Å²) in [5, 5.41) is 9.82. The van der Waals surface area contributed by atoms with Crippen LogP contribution in [0.2, 0.25) is 5.02 Å². The van der Waals surface area contributed by atoms with Gasteiger partial charge in [-0.25, -0.2) is 9.78 Å². The van der Waals surface area contributed by atoms with Gasteiger partial charge in [-0.2, -0.15) is 0 Å². The van der Waals surface area contributed by atoms with Crippen LogP contribution in [0.5, 0.6) is 11.5 Å². The maximum atomic E-state index is 11.2. The zero-order valence-electron chi connectivity index (χ0n) is 15.5. The van der Waals surface area contributed by atoms with Gasteiger partial charge in [-0.15, -0.1) is 0 Å². The van der Waals surface area contributed by atoms with E-state index in [0.717, 1.165) is 11.1 Å². The molecule has 0 radical (unpaired) electrons. The first-order valence-corrected chi connectivity index (χ1v) is 9.19. The van der Waals surface area contributed by atoms with Gasteiger partial charge in [0.25, 0.3) is 0 Å². The summed E-state index contributed by atoms with van der Waals surface area (Å²) in [4.78, 5) is 15.7. The van der Waals surface area contributed by atoms with E-state index in [1.54, 1.807) is 23.8 Å². The molecule has 0 saturated carbocycles. The molecule has 0 unspecified atom stereocenters. The molecule has 4 rings (SSSR count). The number of hydrogen-bond donors (Lipinski definition) is 1. The largest absolute Gasteiger partial charge is 0.493 e. The maximum Gasteiger partial charge on any atom is 0.337 e. The predicted molar refractivity (Wildman–Crippen MR) is 110 cm³/mol. The van der Waals surface area contributed by atoms with Gasteiger partial charge in [-0.3, -0.25) is 0 Å². The molecular formula is C22H17ClN2O4. The molecule has 4 aromatic rings. The lowest BCUT2D eigenvalue weighted by Gasteiger charge is -2.12. The Kier molecular flexibility index (Phi) is 5.10. The number of hydrogen-bond acceptors (Lipinski definition) is 4. The van der Waals surface area contributed by atoms with E-state index in [1.165, 1.54) is 12.3 Å². The third kappa shape index (κ3) is 4.02. The van der Waals surface area contributed by atoms with Crippen LogP contribution in [-0.4, -0.2) is 27.6 Å². The van der Waals surface area contributed by atoms with E-state index in [1.807, 2.05) is 42.5 Å². The van der Waals surface area contributed by atoms with E-state index in [9.17, 15) is 4.79 Å². The van der Waals surface area contributed by atoms with Gasteiger partial charge >= 0.3 is 5.97 Å². The van der Waals surface area contributed by atoms with Crippen LogP contribution in [0.1, 0.15) is 15.9 Å². The fourth-order valence-electron chi connectivity index (χ4n) is 2.95. The fourth-order valence-corrected chi connectivity index (χ4v) is 3.07. The minimum absolute atomic E-state index is 0.199. The van der Waals surface area contributed by atoms with Crippen LogP contribution in [0.4, 0.5) is 0 Å². The van der Waals surface area contributed by atoms with Crippen molar-refractivity contribution in [1.82, 2.24) is 9.38 Å². The van der Waals surface area contributed by atoms with Crippen LogP contribution in [0.15, 0.2) is 67.0 Å². The number of benzene rings is 2. The molecule has 7 heteroatoms. The number of aromatic nitrogens is 2. The number of imidazole rings is 1. The first-order chi connectivity index (χ1) is 14.0. The Hall–Kier alpha value is -3.51. The highest BCUT2D eigenvalue weighted by Gasteiger charge is 2.11. The maximum absolute atomic E-state index is 11.2. The van der Waals surface area contributed by atoms with Gasteiger partial charge in [0.15, 0.2) is 11.5 Å². The van der Waals surface area contributed by atoms with E-state index >= 15 is 0 Å². The minimum atomic E-state index is -0.981. The number of aromatic carboxylic acids is 1. The fraction of sp³-hybridized carbons (Fsp3) is 0.0909. The average Bonchev–Trinajstić information content (AvgIpc) is 3.16. The van der Waals surface area contributed by atoms with Gasteiger partial charge < -0.3 is 19.0 Å². The molecule has 1 N–H and O–H groups in total. The van der Waals surface area contributed by atoms with E-state index in [-0.39, 0.29) is 5.56 Å². The van der Waals surface area contributed by atoms with Crippen molar-refractivity contribution in [1.29, 1.82) is 0 Å². The second kappa shape index (κ2) is 7.85. The second-order valence-electron chi connectivity index (χ2n) is 6.40. The van der Waals surface area contributed by atoms with Gasteiger partial charge in [-0.1, -0.05) is 23.7 Å². The van der Waals surface area contributed by atoms with E-state index in [4.69, 9.17) is 26.2 Å². The standard InChI is InChI=1S/C22H17ClN2O4/c1-28-20-10-15(4-8-19(20)29-13-14-2-6-17(23)7-3-14)18-12-25-11-16(22(26)27)5-9-21(25)24-18/h2-12H,13H2,1H3,(H,26,27). The van der Waals surface area contributed by atoms with Gasteiger partial charge in [0.1, 0.15) is 12.3 Å². The SMILES string of the molecule is COc1cc(-c2cn3cc(C(=O)O)ccc3n2)ccc1OCc1ccc(Cl)cc1. The average molecular weight is 409 g/mol. The summed E-state index contributed by atoms with van der Waals surface area (Å²) in [5.41, 5.74) is 3.39. The van der Waals surface area contributed by atoms with Crippen LogP contribution < -0.4 is 9.47 Å². The molecule has 2 aromatic heterocycles. The summed E-state index contributed by atoms with van der Waals surface area (Å²) in [7, 11) is 1.58. The Balaban J connectivity index is 1.59. The molecule has 0 aliphatic rings. The van der Waals surface area contributed by atoms with Gasteiger partial charge in [0.2, 0.25) is 0 Å². The first kappa shape index (κ1) is 18.8. The van der Waals surface area contributed by atoms with E-state index < -0.39 is 5.97 Å². The number of rotatable bonds is 6. The molecule has 0 spiro atoms. The Bertz CT molecular complexity index is 1190. The summed E-state index contributed by atoms with van der Waals surface area (Å²) in [6.07, 6.45) is 3.32. The number of halogens is 1. The lowest BCUT2D eigenvalue weighted by atomic mass is 10.1. The van der Waals surface area contributed by atoms with Crippen molar-refractivity contribution in [2.24, 2.45) is 0 Å². The van der Waals surface area contributed by atoms with Crippen LogP contribution in [0.3, 0.4) is 0 Å². The van der Waals surface area contributed by atoms with Crippen LogP contribution >= 0.6 is 11.6 Å². The molecule has 0 saturated heterocycles. The lowest BCUT2D eigenvalue weighted by Crippen LogP contribution is -1.98. The first-order valence-electron chi connectivity index (χ1n) is 8.81. The summed E-state index contributed by atoms with van der Waals surface area (Å²) in [6.45, 7) is 0.388. The van der Waals surface area contributed by atoms with Crippen molar-refractivity contribution >= 4 is 23.2 Å². The van der Waals surface area contributed by atoms with E-state index in [0.29, 0.717) is 34.5 Å². The molecule has 2 heterocycles. The molecule has 146 valence electrons. The molecular weight excluding hydrogens is 392 g/mol. The quantitative estimate of drug-likeness (QED) is 0.489. The zero-order valence-corrected chi connectivity index (χ0v) is 16.3. The summed E-state index contributed by atoms with van der Waals surface area (Å²) >= 11 is 5.91. The Labute approximate surface area is 171 Å². The number of ether oxygens (including phenoxy) is 2. The Morgan fingerprint density at radius 1 is 1.07 bits per heavy atom. The van der Waals surface area contributed by atoms with Gasteiger partial charge in [0, 0.05) is 23.0 Å². The predicted octanol–water partition coefficient (Wildman–Crippen LogP) is 4.94. The Morgan fingerprint density at radius 2 is 1.86 bits per heavy atom. The highest BCUT2D eigenvalue weighted by atomic mass is 35.5. The lowest BCUT2D eigenvalue weighted by molar-refractivity contribution is 0.0696. The van der Waals surface area contributed by atoms with Crippen molar-refractivity contribution in [3.8, 4) is 22.8 Å². The number of fused-ring (bicyclic) bond motifs is 1. The number of methoxy groups -OCH3 is 1. The third-order valence-electron chi connectivity index (χ3n) is 4.46. The van der Waals surface area contributed by atoms with Crippen LogP contribution in [0, 0.1) is 0 Å². The molecule has 0 atom stereocenters. The summed E-state index contributed by atoms with van der Waals surface area (Å²) in [5.74, 6) is 0.217. The molecule has 0 amide bonds. The van der Waals surface area contributed by atoms with Gasteiger partial charge in [-0.05, 0) is 48.0 Å². The second-order valence-corrected chi connectivity index (χ2v) is 6.83. The molecule has 2 aromatic carbocycles. The smallest absolute Gasteiger partial charge is 0.337 e. The summed E-state index contributed by atoms with van der Waals surface area (Å²) < 4.78 is 13.1.